The van der Waals surface area contributed by atoms with Crippen LogP contribution in [0.25, 0.3) is 0 Å². The summed E-state index contributed by atoms with van der Waals surface area (Å²) in [6.07, 6.45) is 3.86. The molecule has 1 saturated heterocycles. The lowest BCUT2D eigenvalue weighted by Gasteiger charge is -2.41. The van der Waals surface area contributed by atoms with E-state index in [1.807, 2.05) is 18.7 Å². The second-order valence-corrected chi connectivity index (χ2v) is 7.99. The van der Waals surface area contributed by atoms with Crippen LogP contribution in [0.2, 0.25) is 0 Å². The quantitative estimate of drug-likeness (QED) is 0.882. The summed E-state index contributed by atoms with van der Waals surface area (Å²) < 4.78 is 0. The molecule has 0 radical (unpaired) electrons. The van der Waals surface area contributed by atoms with Crippen LogP contribution in [0, 0.1) is 13.8 Å². The molecule has 148 valence electrons. The second kappa shape index (κ2) is 7.87. The number of carbonyl (C=O) groups is 1. The molecule has 28 heavy (non-hydrogen) atoms. The number of nitrogens with two attached hydrogens (primary N) is 1. The van der Waals surface area contributed by atoms with E-state index in [0.717, 1.165) is 56.0 Å². The fraction of sp³-hybridized carbons (Fsp3) is 0.500. The Labute approximate surface area is 166 Å². The maximum Gasteiger partial charge on any atom is 0.227 e. The molecule has 6 heteroatoms. The molecule has 4 rings (SSSR count). The number of nitrogens with zero attached hydrogens (tertiary/aromatic N) is 4. The van der Waals surface area contributed by atoms with E-state index in [1.165, 1.54) is 17.5 Å². The molecule has 1 aromatic heterocycles. The van der Waals surface area contributed by atoms with Gasteiger partial charge in [-0.2, -0.15) is 0 Å². The molecule has 1 atom stereocenters. The Morgan fingerprint density at radius 1 is 1.07 bits per heavy atom. The number of piperazine rings is 1. The van der Waals surface area contributed by atoms with Crippen molar-refractivity contribution in [3.8, 4) is 0 Å². The molecule has 2 aromatic rings. The maximum absolute atomic E-state index is 12.8. The fourth-order valence-electron chi connectivity index (χ4n) is 4.61. The van der Waals surface area contributed by atoms with Gasteiger partial charge >= 0.3 is 0 Å². The minimum absolute atomic E-state index is 0.160. The second-order valence-electron chi connectivity index (χ2n) is 7.99. The zero-order valence-corrected chi connectivity index (χ0v) is 16.8. The Kier molecular flexibility index (Phi) is 5.31. The standard InChI is InChI=1S/C22H29N5O/c1-15-20(16(2)25-22(23)24-15)14-21(28)27-11-9-26(10-12-27)19-8-7-17-5-3-4-6-18(17)13-19/h3-6,19H,7-14H2,1-2H3,(H2,23,24,25). The van der Waals surface area contributed by atoms with E-state index in [4.69, 9.17) is 5.73 Å². The monoisotopic (exact) mass is 379 g/mol. The van der Waals surface area contributed by atoms with E-state index in [9.17, 15) is 4.79 Å². The summed E-state index contributed by atoms with van der Waals surface area (Å²) in [7, 11) is 0. The van der Waals surface area contributed by atoms with Gasteiger partial charge in [0.15, 0.2) is 0 Å². The first kappa shape index (κ1) is 18.9. The number of aromatic nitrogens is 2. The molecule has 1 aliphatic heterocycles. The van der Waals surface area contributed by atoms with Gasteiger partial charge in [0, 0.05) is 49.2 Å². The minimum Gasteiger partial charge on any atom is -0.368 e. The fourth-order valence-corrected chi connectivity index (χ4v) is 4.61. The Hall–Kier alpha value is -2.47. The Balaban J connectivity index is 1.34. The van der Waals surface area contributed by atoms with Crippen molar-refractivity contribution in [2.45, 2.75) is 45.6 Å². The highest BCUT2D eigenvalue weighted by Gasteiger charge is 2.29. The summed E-state index contributed by atoms with van der Waals surface area (Å²) in [5.41, 5.74) is 11.2. The molecule has 0 bridgehead atoms. The van der Waals surface area contributed by atoms with Crippen molar-refractivity contribution in [1.82, 2.24) is 19.8 Å². The molecule has 0 saturated carbocycles. The first-order valence-electron chi connectivity index (χ1n) is 10.2. The maximum atomic E-state index is 12.8. The van der Waals surface area contributed by atoms with Crippen molar-refractivity contribution in [2.24, 2.45) is 0 Å². The van der Waals surface area contributed by atoms with Crippen LogP contribution in [0.15, 0.2) is 24.3 Å². The number of nitrogen functional groups attached to an aromatic ring is 1. The highest BCUT2D eigenvalue weighted by atomic mass is 16.2. The van der Waals surface area contributed by atoms with E-state index < -0.39 is 0 Å². The SMILES string of the molecule is Cc1nc(N)nc(C)c1CC(=O)N1CCN(C2CCc3ccccc3C2)CC1. The molecule has 1 aromatic carbocycles. The van der Waals surface area contributed by atoms with Gasteiger partial charge in [0.1, 0.15) is 0 Å². The number of benzene rings is 1. The van der Waals surface area contributed by atoms with Gasteiger partial charge in [-0.25, -0.2) is 9.97 Å². The van der Waals surface area contributed by atoms with Crippen molar-refractivity contribution in [2.75, 3.05) is 31.9 Å². The highest BCUT2D eigenvalue weighted by molar-refractivity contribution is 5.79. The van der Waals surface area contributed by atoms with Crippen LogP contribution >= 0.6 is 0 Å². The molecule has 0 spiro atoms. The lowest BCUT2D eigenvalue weighted by Crippen LogP contribution is -2.53. The number of hydrogen-bond donors (Lipinski definition) is 1. The number of carbonyl (C=O) groups excluding carboxylic acids is 1. The van der Waals surface area contributed by atoms with Crippen molar-refractivity contribution in [3.63, 3.8) is 0 Å². The highest BCUT2D eigenvalue weighted by Crippen LogP contribution is 2.25. The Bertz CT molecular complexity index is 850. The number of rotatable bonds is 3. The minimum atomic E-state index is 0.160. The summed E-state index contributed by atoms with van der Waals surface area (Å²) >= 11 is 0. The number of hydrogen-bond acceptors (Lipinski definition) is 5. The Morgan fingerprint density at radius 3 is 2.39 bits per heavy atom. The molecule has 2 N–H and O–H groups in total. The van der Waals surface area contributed by atoms with Crippen molar-refractivity contribution < 1.29 is 4.79 Å². The third-order valence-electron chi connectivity index (χ3n) is 6.27. The summed E-state index contributed by atoms with van der Waals surface area (Å²) in [6.45, 7) is 7.29. The number of anilines is 1. The molecular formula is C22H29N5O. The van der Waals surface area contributed by atoms with Crippen LogP contribution in [0.1, 0.15) is 34.5 Å². The van der Waals surface area contributed by atoms with Crippen LogP contribution in [0.4, 0.5) is 5.95 Å². The largest absolute Gasteiger partial charge is 0.368 e. The number of fused-ring (bicyclic) bond motifs is 1. The zero-order chi connectivity index (χ0) is 19.7. The van der Waals surface area contributed by atoms with Crippen LogP contribution in [-0.2, 0) is 24.1 Å². The smallest absolute Gasteiger partial charge is 0.227 e. The van der Waals surface area contributed by atoms with E-state index in [2.05, 4.69) is 39.1 Å². The van der Waals surface area contributed by atoms with Gasteiger partial charge in [-0.15, -0.1) is 0 Å². The molecule has 1 amide bonds. The molecule has 2 heterocycles. The van der Waals surface area contributed by atoms with Crippen LogP contribution in [0.3, 0.4) is 0 Å². The summed E-state index contributed by atoms with van der Waals surface area (Å²) in [5, 5.41) is 0. The normalized spacial score (nSPS) is 20.1. The lowest BCUT2D eigenvalue weighted by molar-refractivity contribution is -0.132. The third kappa shape index (κ3) is 3.87. The van der Waals surface area contributed by atoms with E-state index in [-0.39, 0.29) is 11.9 Å². The summed E-state index contributed by atoms with van der Waals surface area (Å²) in [6, 6.07) is 9.40. The van der Waals surface area contributed by atoms with Gasteiger partial charge in [-0.05, 0) is 44.2 Å². The van der Waals surface area contributed by atoms with Crippen LogP contribution in [0.5, 0.6) is 0 Å². The van der Waals surface area contributed by atoms with Gasteiger partial charge in [-0.1, -0.05) is 24.3 Å². The predicted octanol–water partition coefficient (Wildman–Crippen LogP) is 1.92. The number of aryl methyl sites for hydroxylation is 3. The van der Waals surface area contributed by atoms with Gasteiger partial charge < -0.3 is 10.6 Å². The van der Waals surface area contributed by atoms with Crippen LogP contribution in [-0.4, -0.2) is 57.9 Å². The molecular weight excluding hydrogens is 350 g/mol. The molecule has 6 nitrogen and oxygen atoms in total. The third-order valence-corrected chi connectivity index (χ3v) is 6.27. The van der Waals surface area contributed by atoms with E-state index >= 15 is 0 Å². The summed E-state index contributed by atoms with van der Waals surface area (Å²) in [4.78, 5) is 25.8. The Morgan fingerprint density at radius 2 is 1.71 bits per heavy atom. The van der Waals surface area contributed by atoms with Gasteiger partial charge in [0.25, 0.3) is 0 Å². The number of amides is 1. The van der Waals surface area contributed by atoms with Gasteiger partial charge in [0.2, 0.25) is 11.9 Å². The van der Waals surface area contributed by atoms with Crippen molar-refractivity contribution >= 4 is 11.9 Å². The molecule has 1 unspecified atom stereocenters. The van der Waals surface area contributed by atoms with Crippen molar-refractivity contribution in [1.29, 1.82) is 0 Å². The van der Waals surface area contributed by atoms with Crippen LogP contribution < -0.4 is 5.73 Å². The molecule has 2 aliphatic rings. The van der Waals surface area contributed by atoms with Gasteiger partial charge in [0.05, 0.1) is 6.42 Å². The first-order chi connectivity index (χ1) is 13.5. The summed E-state index contributed by atoms with van der Waals surface area (Å²) in [5.74, 6) is 0.432. The first-order valence-corrected chi connectivity index (χ1v) is 10.2. The molecule has 1 aliphatic carbocycles. The topological polar surface area (TPSA) is 75.3 Å². The molecule has 1 fully saturated rings. The predicted molar refractivity (Wildman–Crippen MR) is 110 cm³/mol. The average molecular weight is 380 g/mol. The van der Waals surface area contributed by atoms with E-state index in [1.54, 1.807) is 0 Å². The van der Waals surface area contributed by atoms with E-state index in [0.29, 0.717) is 12.5 Å². The average Bonchev–Trinajstić information content (AvgIpc) is 2.70. The lowest BCUT2D eigenvalue weighted by atomic mass is 9.87. The van der Waals surface area contributed by atoms with Gasteiger partial charge in [-0.3, -0.25) is 9.69 Å². The zero-order valence-electron chi connectivity index (χ0n) is 16.8. The van der Waals surface area contributed by atoms with Crippen molar-refractivity contribution in [3.05, 3.63) is 52.3 Å².